The van der Waals surface area contributed by atoms with Gasteiger partial charge in [-0.05, 0) is 57.1 Å². The van der Waals surface area contributed by atoms with E-state index in [2.05, 4.69) is 10.5 Å². The third-order valence-electron chi connectivity index (χ3n) is 4.48. The van der Waals surface area contributed by atoms with Crippen molar-refractivity contribution in [3.8, 4) is 11.3 Å². The molecule has 2 aromatic rings. The highest BCUT2D eigenvalue weighted by atomic mass is 19.1. The second kappa shape index (κ2) is 7.13. The Hall–Kier alpha value is -2.21. The number of esters is 1. The summed E-state index contributed by atoms with van der Waals surface area (Å²) in [5.74, 6) is 0.175. The largest absolute Gasteiger partial charge is 0.466 e. The van der Waals surface area contributed by atoms with Gasteiger partial charge in [-0.25, -0.2) is 4.39 Å². The maximum atomic E-state index is 13.0. The Morgan fingerprint density at radius 1 is 1.33 bits per heavy atom. The average molecular weight is 332 g/mol. The quantitative estimate of drug-likeness (QED) is 0.853. The van der Waals surface area contributed by atoms with Crippen LogP contribution in [-0.2, 0) is 16.0 Å². The number of halogens is 1. The fourth-order valence-electron chi connectivity index (χ4n) is 3.13. The van der Waals surface area contributed by atoms with E-state index in [1.807, 2.05) is 13.0 Å². The number of rotatable bonds is 5. The van der Waals surface area contributed by atoms with Crippen LogP contribution in [0.1, 0.15) is 25.5 Å². The predicted molar refractivity (Wildman–Crippen MR) is 86.8 cm³/mol. The molecule has 0 bridgehead atoms. The summed E-state index contributed by atoms with van der Waals surface area (Å²) in [4.78, 5) is 12.5. The fourth-order valence-corrected chi connectivity index (χ4v) is 3.13. The van der Waals surface area contributed by atoms with E-state index in [0.29, 0.717) is 37.3 Å². The van der Waals surface area contributed by atoms with Gasteiger partial charge in [0.15, 0.2) is 0 Å². The Bertz CT molecular complexity index is 691. The Labute approximate surface area is 140 Å². The summed E-state index contributed by atoms with van der Waals surface area (Å²) in [6, 6.07) is 7.90. The van der Waals surface area contributed by atoms with Crippen LogP contribution >= 0.6 is 0 Å². The number of nitrogens with one attached hydrogen (secondary N) is 1. The van der Waals surface area contributed by atoms with Crippen molar-refractivity contribution in [3.05, 3.63) is 41.9 Å². The van der Waals surface area contributed by atoms with E-state index in [1.54, 1.807) is 12.1 Å². The first-order valence-corrected chi connectivity index (χ1v) is 8.22. The van der Waals surface area contributed by atoms with Crippen LogP contribution in [0.3, 0.4) is 0 Å². The number of benzene rings is 1. The monoisotopic (exact) mass is 332 g/mol. The Morgan fingerprint density at radius 2 is 2.04 bits per heavy atom. The zero-order chi connectivity index (χ0) is 17.0. The van der Waals surface area contributed by atoms with Crippen LogP contribution in [0.15, 0.2) is 34.9 Å². The van der Waals surface area contributed by atoms with E-state index in [4.69, 9.17) is 9.26 Å². The summed E-state index contributed by atoms with van der Waals surface area (Å²) in [7, 11) is 0. The van der Waals surface area contributed by atoms with Gasteiger partial charge in [-0.1, -0.05) is 5.16 Å². The molecule has 1 N–H and O–H groups in total. The molecule has 2 heterocycles. The molecule has 0 unspecified atom stereocenters. The summed E-state index contributed by atoms with van der Waals surface area (Å²) in [5, 5.41) is 7.32. The molecule has 128 valence electrons. The smallest absolute Gasteiger partial charge is 0.312 e. The number of aromatic nitrogens is 1. The standard InChI is InChI=1S/C18H21FN2O3/c1-2-23-17(22)18(7-9-20-10-8-18)12-15-11-16(21-24-15)13-3-5-14(19)6-4-13/h3-6,11,20H,2,7-10,12H2,1H3. The normalized spacial score (nSPS) is 16.8. The molecule has 0 atom stereocenters. The van der Waals surface area contributed by atoms with Crippen molar-refractivity contribution in [2.24, 2.45) is 5.41 Å². The van der Waals surface area contributed by atoms with Crippen LogP contribution in [0.5, 0.6) is 0 Å². The number of ether oxygens (including phenoxy) is 1. The number of hydrogen-bond acceptors (Lipinski definition) is 5. The molecule has 0 aliphatic carbocycles. The van der Waals surface area contributed by atoms with Gasteiger partial charge in [-0.3, -0.25) is 4.79 Å². The second-order valence-corrected chi connectivity index (χ2v) is 6.11. The molecule has 1 saturated heterocycles. The Balaban J connectivity index is 1.80. The number of nitrogens with zero attached hydrogens (tertiary/aromatic N) is 1. The average Bonchev–Trinajstić information content (AvgIpc) is 3.05. The first kappa shape index (κ1) is 16.6. The molecule has 0 spiro atoms. The molecule has 1 fully saturated rings. The highest BCUT2D eigenvalue weighted by Gasteiger charge is 2.42. The minimum absolute atomic E-state index is 0.175. The minimum Gasteiger partial charge on any atom is -0.466 e. The first-order valence-electron chi connectivity index (χ1n) is 8.22. The van der Waals surface area contributed by atoms with E-state index in [-0.39, 0.29) is 11.8 Å². The van der Waals surface area contributed by atoms with E-state index >= 15 is 0 Å². The van der Waals surface area contributed by atoms with E-state index in [1.165, 1.54) is 12.1 Å². The molecule has 24 heavy (non-hydrogen) atoms. The number of carbonyl (C=O) groups excluding carboxylic acids is 1. The predicted octanol–water partition coefficient (Wildman–Crippen LogP) is 2.96. The topological polar surface area (TPSA) is 64.4 Å². The minimum atomic E-state index is -0.569. The van der Waals surface area contributed by atoms with Crippen molar-refractivity contribution in [1.29, 1.82) is 0 Å². The molecule has 0 saturated carbocycles. The summed E-state index contributed by atoms with van der Waals surface area (Å²) >= 11 is 0. The Kier molecular flexibility index (Phi) is 4.94. The van der Waals surface area contributed by atoms with Gasteiger partial charge in [0.2, 0.25) is 0 Å². The molecule has 6 heteroatoms. The van der Waals surface area contributed by atoms with Crippen LogP contribution in [0.2, 0.25) is 0 Å². The fraction of sp³-hybridized carbons (Fsp3) is 0.444. The van der Waals surface area contributed by atoms with Gasteiger partial charge in [0.05, 0.1) is 12.0 Å². The molecule has 1 aliphatic rings. The molecule has 3 rings (SSSR count). The van der Waals surface area contributed by atoms with Crippen molar-refractivity contribution >= 4 is 5.97 Å². The summed E-state index contributed by atoms with van der Waals surface area (Å²) in [6.07, 6.45) is 1.87. The van der Waals surface area contributed by atoms with Crippen molar-refractivity contribution in [2.75, 3.05) is 19.7 Å². The lowest BCUT2D eigenvalue weighted by Crippen LogP contribution is -2.44. The third kappa shape index (κ3) is 3.48. The van der Waals surface area contributed by atoms with Gasteiger partial charge in [0.1, 0.15) is 17.3 Å². The zero-order valence-electron chi connectivity index (χ0n) is 13.7. The highest BCUT2D eigenvalue weighted by molar-refractivity contribution is 5.77. The van der Waals surface area contributed by atoms with Gasteiger partial charge in [-0.2, -0.15) is 0 Å². The van der Waals surface area contributed by atoms with Gasteiger partial charge in [0.25, 0.3) is 0 Å². The second-order valence-electron chi connectivity index (χ2n) is 6.11. The van der Waals surface area contributed by atoms with Crippen LogP contribution in [0.25, 0.3) is 11.3 Å². The van der Waals surface area contributed by atoms with Gasteiger partial charge < -0.3 is 14.6 Å². The maximum absolute atomic E-state index is 13.0. The van der Waals surface area contributed by atoms with E-state index < -0.39 is 5.41 Å². The summed E-state index contributed by atoms with van der Waals surface area (Å²) < 4.78 is 23.8. The number of hydrogen-bond donors (Lipinski definition) is 1. The van der Waals surface area contributed by atoms with Crippen molar-refractivity contribution < 1.29 is 18.4 Å². The lowest BCUT2D eigenvalue weighted by Gasteiger charge is -2.34. The first-order chi connectivity index (χ1) is 11.6. The highest BCUT2D eigenvalue weighted by Crippen LogP contribution is 2.35. The molecule has 1 aliphatic heterocycles. The lowest BCUT2D eigenvalue weighted by molar-refractivity contribution is -0.157. The van der Waals surface area contributed by atoms with E-state index in [0.717, 1.165) is 18.7 Å². The van der Waals surface area contributed by atoms with Crippen molar-refractivity contribution in [3.63, 3.8) is 0 Å². The molecule has 1 aromatic carbocycles. The number of carbonyl (C=O) groups is 1. The van der Waals surface area contributed by atoms with E-state index in [9.17, 15) is 9.18 Å². The molecular formula is C18H21FN2O3. The molecule has 5 nitrogen and oxygen atoms in total. The lowest BCUT2D eigenvalue weighted by atomic mass is 9.75. The Morgan fingerprint density at radius 3 is 2.71 bits per heavy atom. The zero-order valence-corrected chi connectivity index (χ0v) is 13.7. The summed E-state index contributed by atoms with van der Waals surface area (Å²) in [5.41, 5.74) is 0.848. The molecule has 1 aromatic heterocycles. The third-order valence-corrected chi connectivity index (χ3v) is 4.48. The van der Waals surface area contributed by atoms with Crippen LogP contribution in [0, 0.1) is 11.2 Å². The molecule has 0 radical (unpaired) electrons. The van der Waals surface area contributed by atoms with Gasteiger partial charge in [-0.15, -0.1) is 0 Å². The van der Waals surface area contributed by atoms with Gasteiger partial charge >= 0.3 is 5.97 Å². The van der Waals surface area contributed by atoms with Crippen molar-refractivity contribution in [1.82, 2.24) is 10.5 Å². The molecular weight excluding hydrogens is 311 g/mol. The van der Waals surface area contributed by atoms with Crippen LogP contribution < -0.4 is 5.32 Å². The van der Waals surface area contributed by atoms with Crippen LogP contribution in [0.4, 0.5) is 4.39 Å². The van der Waals surface area contributed by atoms with Gasteiger partial charge in [0, 0.05) is 18.1 Å². The maximum Gasteiger partial charge on any atom is 0.312 e. The van der Waals surface area contributed by atoms with Crippen LogP contribution in [-0.4, -0.2) is 30.8 Å². The SMILES string of the molecule is CCOC(=O)C1(Cc2cc(-c3ccc(F)cc3)no2)CCNCC1. The number of piperidine rings is 1. The molecule has 0 amide bonds. The summed E-state index contributed by atoms with van der Waals surface area (Å²) in [6.45, 7) is 3.73. The van der Waals surface area contributed by atoms with Crippen molar-refractivity contribution in [2.45, 2.75) is 26.2 Å².